The van der Waals surface area contributed by atoms with Gasteiger partial charge in [0.2, 0.25) is 0 Å². The first-order valence-corrected chi connectivity index (χ1v) is 10.7. The minimum Gasteiger partial charge on any atom is -0.423 e. The first kappa shape index (κ1) is 19.3. The third-order valence-electron chi connectivity index (χ3n) is 6.02. The Bertz CT molecular complexity index is 1820. The summed E-state index contributed by atoms with van der Waals surface area (Å²) in [5, 5.41) is 3.74. The molecule has 0 saturated heterocycles. The van der Waals surface area contributed by atoms with Crippen molar-refractivity contribution in [2.24, 2.45) is 0 Å². The van der Waals surface area contributed by atoms with Gasteiger partial charge in [0.25, 0.3) is 0 Å². The molecule has 33 heavy (non-hydrogen) atoms. The van der Waals surface area contributed by atoms with Crippen molar-refractivity contribution >= 4 is 32.7 Å². The van der Waals surface area contributed by atoms with Crippen LogP contribution in [0.25, 0.3) is 55.0 Å². The van der Waals surface area contributed by atoms with E-state index in [1.165, 1.54) is 6.07 Å². The summed E-state index contributed by atoms with van der Waals surface area (Å²) in [5.41, 5.74) is 4.15. The second kappa shape index (κ2) is 7.31. The number of hydrogen-bond donors (Lipinski definition) is 0. The van der Waals surface area contributed by atoms with Crippen molar-refractivity contribution in [3.63, 3.8) is 0 Å². The molecule has 2 aromatic heterocycles. The van der Waals surface area contributed by atoms with E-state index in [9.17, 15) is 9.59 Å². The van der Waals surface area contributed by atoms with Crippen LogP contribution in [0.3, 0.4) is 0 Å². The van der Waals surface area contributed by atoms with Crippen molar-refractivity contribution in [3.8, 4) is 22.3 Å². The molecule has 0 aliphatic heterocycles. The van der Waals surface area contributed by atoms with Gasteiger partial charge in [0.1, 0.15) is 11.2 Å². The lowest BCUT2D eigenvalue weighted by Gasteiger charge is -2.11. The number of benzene rings is 4. The topological polar surface area (TPSA) is 60.4 Å². The molecular formula is C29H18O4. The van der Waals surface area contributed by atoms with Gasteiger partial charge in [-0.1, -0.05) is 60.2 Å². The molecule has 2 heterocycles. The largest absolute Gasteiger partial charge is 0.423 e. The van der Waals surface area contributed by atoms with E-state index in [-0.39, 0.29) is 0 Å². The lowest BCUT2D eigenvalue weighted by Crippen LogP contribution is -2.03. The van der Waals surface area contributed by atoms with E-state index in [4.69, 9.17) is 8.83 Å². The first-order chi connectivity index (χ1) is 16.1. The minimum absolute atomic E-state index is 0.408. The molecule has 4 nitrogen and oxygen atoms in total. The van der Waals surface area contributed by atoms with Crippen molar-refractivity contribution in [2.75, 3.05) is 0 Å². The molecule has 158 valence electrons. The summed E-state index contributed by atoms with van der Waals surface area (Å²) < 4.78 is 11.1. The summed E-state index contributed by atoms with van der Waals surface area (Å²) in [5.74, 6) is 0. The molecule has 0 saturated carbocycles. The summed E-state index contributed by atoms with van der Waals surface area (Å²) in [7, 11) is 0. The second-order valence-electron chi connectivity index (χ2n) is 8.21. The maximum absolute atomic E-state index is 12.8. The molecule has 6 aromatic rings. The van der Waals surface area contributed by atoms with Crippen LogP contribution in [0.5, 0.6) is 0 Å². The summed E-state index contributed by atoms with van der Waals surface area (Å²) in [6, 6.07) is 28.6. The van der Waals surface area contributed by atoms with E-state index < -0.39 is 11.3 Å². The maximum atomic E-state index is 12.8. The molecule has 0 aliphatic rings. The fourth-order valence-electron chi connectivity index (χ4n) is 4.46. The third-order valence-corrected chi connectivity index (χ3v) is 6.02. The lowest BCUT2D eigenvalue weighted by molar-refractivity contribution is 0.561. The van der Waals surface area contributed by atoms with Gasteiger partial charge < -0.3 is 8.83 Å². The molecule has 6 rings (SSSR count). The van der Waals surface area contributed by atoms with Gasteiger partial charge in [0, 0.05) is 22.4 Å². The predicted molar refractivity (Wildman–Crippen MR) is 132 cm³/mol. The van der Waals surface area contributed by atoms with Gasteiger partial charge in [-0.05, 0) is 59.2 Å². The Hall–Kier alpha value is -4.44. The van der Waals surface area contributed by atoms with Crippen LogP contribution in [0, 0.1) is 6.92 Å². The van der Waals surface area contributed by atoms with Gasteiger partial charge in [-0.3, -0.25) is 0 Å². The molecule has 0 aliphatic carbocycles. The molecule has 0 radical (unpaired) electrons. The average Bonchev–Trinajstić information content (AvgIpc) is 2.83. The fourth-order valence-corrected chi connectivity index (χ4v) is 4.46. The average molecular weight is 430 g/mol. The highest BCUT2D eigenvalue weighted by Gasteiger charge is 2.14. The van der Waals surface area contributed by atoms with Crippen molar-refractivity contribution in [2.45, 2.75) is 6.92 Å². The van der Waals surface area contributed by atoms with Crippen molar-refractivity contribution in [1.82, 2.24) is 0 Å². The maximum Gasteiger partial charge on any atom is 0.344 e. The summed E-state index contributed by atoms with van der Waals surface area (Å²) in [6.45, 7) is 2.00. The smallest absolute Gasteiger partial charge is 0.344 e. The van der Waals surface area contributed by atoms with Gasteiger partial charge in [0.05, 0.1) is 5.56 Å². The summed E-state index contributed by atoms with van der Waals surface area (Å²) in [6.07, 6.45) is 0. The first-order valence-electron chi connectivity index (χ1n) is 10.7. The highest BCUT2D eigenvalue weighted by atomic mass is 16.4. The van der Waals surface area contributed by atoms with Crippen LogP contribution < -0.4 is 11.3 Å². The quantitative estimate of drug-likeness (QED) is 0.287. The monoisotopic (exact) mass is 430 g/mol. The molecule has 0 unspecified atom stereocenters. The van der Waals surface area contributed by atoms with Gasteiger partial charge >= 0.3 is 11.3 Å². The zero-order valence-corrected chi connectivity index (χ0v) is 17.8. The van der Waals surface area contributed by atoms with Crippen LogP contribution in [0.4, 0.5) is 0 Å². The highest BCUT2D eigenvalue weighted by molar-refractivity contribution is 6.05. The molecule has 0 amide bonds. The van der Waals surface area contributed by atoms with E-state index in [0.29, 0.717) is 22.3 Å². The van der Waals surface area contributed by atoms with Crippen LogP contribution in [-0.4, -0.2) is 0 Å². The van der Waals surface area contributed by atoms with E-state index in [0.717, 1.165) is 38.2 Å². The number of aryl methyl sites for hydroxylation is 1. The van der Waals surface area contributed by atoms with E-state index in [2.05, 4.69) is 0 Å². The Morgan fingerprint density at radius 1 is 0.576 bits per heavy atom. The Labute approximate surface area is 188 Å². The van der Waals surface area contributed by atoms with Crippen molar-refractivity contribution < 1.29 is 8.83 Å². The Morgan fingerprint density at radius 3 is 2.30 bits per heavy atom. The molecular weight excluding hydrogens is 412 g/mol. The Balaban J connectivity index is 1.64. The van der Waals surface area contributed by atoms with Gasteiger partial charge in [-0.25, -0.2) is 9.59 Å². The van der Waals surface area contributed by atoms with E-state index in [1.54, 1.807) is 12.1 Å². The predicted octanol–water partition coefficient (Wildman–Crippen LogP) is 6.70. The number of fused-ring (bicyclic) bond motifs is 3. The second-order valence-corrected chi connectivity index (χ2v) is 8.21. The normalized spacial score (nSPS) is 11.4. The third kappa shape index (κ3) is 3.24. The molecule has 0 spiro atoms. The van der Waals surface area contributed by atoms with Crippen LogP contribution >= 0.6 is 0 Å². The zero-order chi connectivity index (χ0) is 22.5. The van der Waals surface area contributed by atoms with Crippen LogP contribution in [0.15, 0.2) is 109 Å². The fraction of sp³-hybridized carbons (Fsp3) is 0.0345. The van der Waals surface area contributed by atoms with Crippen molar-refractivity contribution in [1.29, 1.82) is 0 Å². The van der Waals surface area contributed by atoms with Gasteiger partial charge in [-0.2, -0.15) is 0 Å². The molecule has 0 atom stereocenters. The standard InChI is InChI=1S/C29H18O4/c1-17-9-11-26-20(13-17)15-23(29(31)33-26)19-10-12-27-25(14-19)24(16-28(30)32-27)22-8-4-6-18-5-2-3-7-21(18)22/h2-16H,1H3. The van der Waals surface area contributed by atoms with Gasteiger partial charge in [-0.15, -0.1) is 0 Å². The molecule has 0 bridgehead atoms. The Kier molecular flexibility index (Phi) is 4.27. The lowest BCUT2D eigenvalue weighted by atomic mass is 9.94. The molecule has 0 N–H and O–H groups in total. The van der Waals surface area contributed by atoms with Crippen molar-refractivity contribution in [3.05, 3.63) is 117 Å². The number of hydrogen-bond acceptors (Lipinski definition) is 4. The van der Waals surface area contributed by atoms with Crippen LogP contribution in [-0.2, 0) is 0 Å². The summed E-state index contributed by atoms with van der Waals surface area (Å²) >= 11 is 0. The SMILES string of the molecule is Cc1ccc2oc(=O)c(-c3ccc4oc(=O)cc(-c5cccc6ccccc56)c4c3)cc2c1. The van der Waals surface area contributed by atoms with Crippen LogP contribution in [0.1, 0.15) is 5.56 Å². The minimum atomic E-state index is -0.418. The van der Waals surface area contributed by atoms with Gasteiger partial charge in [0.15, 0.2) is 0 Å². The number of rotatable bonds is 2. The Morgan fingerprint density at radius 2 is 1.39 bits per heavy atom. The molecule has 0 fully saturated rings. The van der Waals surface area contributed by atoms with E-state index in [1.807, 2.05) is 79.7 Å². The van der Waals surface area contributed by atoms with Crippen LogP contribution in [0.2, 0.25) is 0 Å². The van der Waals surface area contributed by atoms with E-state index >= 15 is 0 Å². The molecule has 4 aromatic carbocycles. The highest BCUT2D eigenvalue weighted by Crippen LogP contribution is 2.35. The summed E-state index contributed by atoms with van der Waals surface area (Å²) in [4.78, 5) is 25.2. The zero-order valence-electron chi connectivity index (χ0n) is 17.8. The molecule has 4 heteroatoms.